The van der Waals surface area contributed by atoms with Crippen molar-refractivity contribution in [2.75, 3.05) is 0 Å². The molecule has 0 unspecified atom stereocenters. The number of carbonyl (C=O) groups is 1. The molecule has 0 aliphatic heterocycles. The standard InChI is InChI=1S/C18H13BrN2O/c19-16-6-4-15(5-7-16)18(22)10-3-14-1-8-17(9-2-14)21-12-11-20-13-21/h1-13H/b10-3+. The molecule has 3 aromatic rings. The monoisotopic (exact) mass is 352 g/mol. The summed E-state index contributed by atoms with van der Waals surface area (Å²) in [6.07, 6.45) is 8.80. The van der Waals surface area contributed by atoms with Gasteiger partial charge in [-0.2, -0.15) is 0 Å². The Balaban J connectivity index is 1.72. The molecule has 1 aromatic heterocycles. The van der Waals surface area contributed by atoms with Crippen molar-refractivity contribution in [2.45, 2.75) is 0 Å². The van der Waals surface area contributed by atoms with Gasteiger partial charge in [0.15, 0.2) is 5.78 Å². The SMILES string of the molecule is O=C(/C=C/c1ccc(-n2ccnc2)cc1)c1ccc(Br)cc1. The Bertz CT molecular complexity index is 788. The maximum Gasteiger partial charge on any atom is 0.185 e. The first-order chi connectivity index (χ1) is 10.7. The summed E-state index contributed by atoms with van der Waals surface area (Å²) in [6, 6.07) is 15.3. The molecular weight excluding hydrogens is 340 g/mol. The van der Waals surface area contributed by atoms with Gasteiger partial charge in [-0.1, -0.05) is 34.1 Å². The first-order valence-corrected chi connectivity index (χ1v) is 7.58. The van der Waals surface area contributed by atoms with Gasteiger partial charge in [-0.05, 0) is 48.0 Å². The summed E-state index contributed by atoms with van der Waals surface area (Å²) in [5, 5.41) is 0. The number of imidazole rings is 1. The number of carbonyl (C=O) groups excluding carboxylic acids is 1. The molecule has 0 aliphatic rings. The van der Waals surface area contributed by atoms with Crippen LogP contribution in [0.4, 0.5) is 0 Å². The number of hydrogen-bond acceptors (Lipinski definition) is 2. The second-order valence-electron chi connectivity index (χ2n) is 4.77. The molecule has 0 fully saturated rings. The molecule has 4 heteroatoms. The van der Waals surface area contributed by atoms with Crippen LogP contribution in [0, 0.1) is 0 Å². The summed E-state index contributed by atoms with van der Waals surface area (Å²) in [5.74, 6) is -0.00816. The van der Waals surface area contributed by atoms with Crippen molar-refractivity contribution >= 4 is 27.8 Å². The Kier molecular flexibility index (Phi) is 4.30. The maximum absolute atomic E-state index is 12.1. The fraction of sp³-hybridized carbons (Fsp3) is 0. The minimum atomic E-state index is -0.00816. The summed E-state index contributed by atoms with van der Waals surface area (Å²) >= 11 is 3.36. The smallest absolute Gasteiger partial charge is 0.185 e. The number of benzene rings is 2. The fourth-order valence-electron chi connectivity index (χ4n) is 2.05. The summed E-state index contributed by atoms with van der Waals surface area (Å²) in [5.41, 5.74) is 2.69. The average Bonchev–Trinajstić information content (AvgIpc) is 3.08. The normalized spacial score (nSPS) is 11.0. The van der Waals surface area contributed by atoms with Crippen molar-refractivity contribution < 1.29 is 4.79 Å². The molecule has 0 atom stereocenters. The van der Waals surface area contributed by atoms with E-state index in [4.69, 9.17) is 0 Å². The molecule has 0 amide bonds. The van der Waals surface area contributed by atoms with Crippen LogP contribution >= 0.6 is 15.9 Å². The lowest BCUT2D eigenvalue weighted by molar-refractivity contribution is 0.104. The lowest BCUT2D eigenvalue weighted by Gasteiger charge is -2.02. The van der Waals surface area contributed by atoms with E-state index >= 15 is 0 Å². The van der Waals surface area contributed by atoms with Gasteiger partial charge in [0, 0.05) is 28.1 Å². The largest absolute Gasteiger partial charge is 0.306 e. The van der Waals surface area contributed by atoms with Crippen molar-refractivity contribution in [3.05, 3.63) is 88.9 Å². The molecule has 0 spiro atoms. The Morgan fingerprint density at radius 2 is 1.77 bits per heavy atom. The molecule has 0 saturated heterocycles. The molecule has 0 saturated carbocycles. The van der Waals surface area contributed by atoms with Crippen LogP contribution in [-0.2, 0) is 0 Å². The Morgan fingerprint density at radius 1 is 1.05 bits per heavy atom. The molecule has 22 heavy (non-hydrogen) atoms. The van der Waals surface area contributed by atoms with Gasteiger partial charge < -0.3 is 4.57 Å². The van der Waals surface area contributed by atoms with Gasteiger partial charge in [0.2, 0.25) is 0 Å². The number of hydrogen-bond donors (Lipinski definition) is 0. The first-order valence-electron chi connectivity index (χ1n) is 6.79. The van der Waals surface area contributed by atoms with E-state index in [1.54, 1.807) is 30.7 Å². The van der Waals surface area contributed by atoms with E-state index in [9.17, 15) is 4.79 Å². The molecule has 2 aromatic carbocycles. The molecule has 0 N–H and O–H groups in total. The molecule has 3 nitrogen and oxygen atoms in total. The highest BCUT2D eigenvalue weighted by molar-refractivity contribution is 9.10. The third-order valence-corrected chi connectivity index (χ3v) is 3.78. The molecule has 0 aliphatic carbocycles. The van der Waals surface area contributed by atoms with Crippen molar-refractivity contribution in [3.8, 4) is 5.69 Å². The van der Waals surface area contributed by atoms with Crippen molar-refractivity contribution in [1.82, 2.24) is 9.55 Å². The van der Waals surface area contributed by atoms with Crippen LogP contribution in [0.5, 0.6) is 0 Å². The summed E-state index contributed by atoms with van der Waals surface area (Å²) in [4.78, 5) is 16.1. The lowest BCUT2D eigenvalue weighted by Crippen LogP contribution is -1.93. The topological polar surface area (TPSA) is 34.9 Å². The summed E-state index contributed by atoms with van der Waals surface area (Å²) in [7, 11) is 0. The van der Waals surface area contributed by atoms with Crippen molar-refractivity contribution in [1.29, 1.82) is 0 Å². The molecular formula is C18H13BrN2O. The maximum atomic E-state index is 12.1. The van der Waals surface area contributed by atoms with Gasteiger partial charge in [-0.15, -0.1) is 0 Å². The number of aromatic nitrogens is 2. The predicted molar refractivity (Wildman–Crippen MR) is 91.1 cm³/mol. The molecule has 0 radical (unpaired) electrons. The van der Waals surface area contributed by atoms with Crippen molar-refractivity contribution in [2.24, 2.45) is 0 Å². The lowest BCUT2D eigenvalue weighted by atomic mass is 10.1. The van der Waals surface area contributed by atoms with Gasteiger partial charge >= 0.3 is 0 Å². The third-order valence-electron chi connectivity index (χ3n) is 3.25. The van der Waals surface area contributed by atoms with E-state index in [1.165, 1.54) is 0 Å². The molecule has 108 valence electrons. The van der Waals surface area contributed by atoms with Crippen molar-refractivity contribution in [3.63, 3.8) is 0 Å². The highest BCUT2D eigenvalue weighted by Crippen LogP contribution is 2.13. The van der Waals surface area contributed by atoms with E-state index in [2.05, 4.69) is 20.9 Å². The number of rotatable bonds is 4. The number of halogens is 1. The van der Waals surface area contributed by atoms with Crippen LogP contribution in [0.25, 0.3) is 11.8 Å². The molecule has 3 rings (SSSR count). The van der Waals surface area contributed by atoms with Crippen LogP contribution in [-0.4, -0.2) is 15.3 Å². The molecule has 1 heterocycles. The summed E-state index contributed by atoms with van der Waals surface area (Å²) < 4.78 is 2.89. The van der Waals surface area contributed by atoms with Gasteiger partial charge in [-0.3, -0.25) is 4.79 Å². The Labute approximate surface area is 137 Å². The van der Waals surface area contributed by atoms with Crippen LogP contribution in [0.3, 0.4) is 0 Å². The van der Waals surface area contributed by atoms with Crippen LogP contribution < -0.4 is 0 Å². The number of nitrogens with zero attached hydrogens (tertiary/aromatic N) is 2. The van der Waals surface area contributed by atoms with Crippen LogP contribution in [0.1, 0.15) is 15.9 Å². The first kappa shape index (κ1) is 14.5. The minimum absolute atomic E-state index is 0.00816. The molecule has 0 bridgehead atoms. The second-order valence-corrected chi connectivity index (χ2v) is 5.68. The number of allylic oxidation sites excluding steroid dienone is 1. The van der Waals surface area contributed by atoms with E-state index < -0.39 is 0 Å². The Hall–Kier alpha value is -2.46. The predicted octanol–water partition coefficient (Wildman–Crippen LogP) is 4.53. The number of ketones is 1. The van der Waals surface area contributed by atoms with Gasteiger partial charge in [-0.25, -0.2) is 4.98 Å². The van der Waals surface area contributed by atoms with E-state index in [1.807, 2.05) is 53.2 Å². The average molecular weight is 353 g/mol. The van der Waals surface area contributed by atoms with Crippen LogP contribution in [0.2, 0.25) is 0 Å². The van der Waals surface area contributed by atoms with Gasteiger partial charge in [0.25, 0.3) is 0 Å². The van der Waals surface area contributed by atoms with E-state index in [-0.39, 0.29) is 5.78 Å². The van der Waals surface area contributed by atoms with Gasteiger partial charge in [0.1, 0.15) is 0 Å². The zero-order valence-electron chi connectivity index (χ0n) is 11.7. The zero-order valence-corrected chi connectivity index (χ0v) is 13.3. The quantitative estimate of drug-likeness (QED) is 0.510. The van der Waals surface area contributed by atoms with E-state index in [0.29, 0.717) is 5.56 Å². The van der Waals surface area contributed by atoms with Gasteiger partial charge in [0.05, 0.1) is 6.33 Å². The summed E-state index contributed by atoms with van der Waals surface area (Å²) in [6.45, 7) is 0. The zero-order chi connectivity index (χ0) is 15.4. The second kappa shape index (κ2) is 6.54. The Morgan fingerprint density at radius 3 is 2.41 bits per heavy atom. The minimum Gasteiger partial charge on any atom is -0.306 e. The highest BCUT2D eigenvalue weighted by atomic mass is 79.9. The van der Waals surface area contributed by atoms with E-state index in [0.717, 1.165) is 15.7 Å². The fourth-order valence-corrected chi connectivity index (χ4v) is 2.32. The van der Waals surface area contributed by atoms with Crippen LogP contribution in [0.15, 0.2) is 77.8 Å². The third kappa shape index (κ3) is 3.40. The highest BCUT2D eigenvalue weighted by Gasteiger charge is 2.01.